The average molecular weight is 295 g/mol. The number of hydrogen-bond acceptors (Lipinski definition) is 1. The van der Waals surface area contributed by atoms with Crippen LogP contribution in [0.5, 0.6) is 0 Å². The zero-order chi connectivity index (χ0) is 15.2. The van der Waals surface area contributed by atoms with Gasteiger partial charge in [0.05, 0.1) is 6.10 Å². The first-order chi connectivity index (χ1) is 10.4. The van der Waals surface area contributed by atoms with Crippen molar-refractivity contribution >= 4 is 0 Å². The van der Waals surface area contributed by atoms with Crippen LogP contribution in [0.1, 0.15) is 97.3 Å². The lowest BCUT2D eigenvalue weighted by Crippen LogP contribution is -2.29. The molecule has 1 heterocycles. The maximum atomic E-state index is 6.07. The van der Waals surface area contributed by atoms with E-state index in [1.165, 1.54) is 83.5 Å². The lowest BCUT2D eigenvalue weighted by atomic mass is 9.87. The molecule has 2 atom stereocenters. The van der Waals surface area contributed by atoms with Gasteiger partial charge in [-0.1, -0.05) is 70.9 Å². The monoisotopic (exact) mass is 294 g/mol. The Labute approximate surface area is 133 Å². The highest BCUT2D eigenvalue weighted by Crippen LogP contribution is 2.29. The van der Waals surface area contributed by atoms with E-state index in [2.05, 4.69) is 26.0 Å². The molecule has 21 heavy (non-hydrogen) atoms. The minimum Gasteiger partial charge on any atom is -0.378 e. The molecule has 1 saturated heterocycles. The Morgan fingerprint density at radius 3 is 2.43 bits per heavy atom. The summed E-state index contributed by atoms with van der Waals surface area (Å²) in [7, 11) is 0. The minimum absolute atomic E-state index is 0.560. The van der Waals surface area contributed by atoms with Crippen LogP contribution in [0.15, 0.2) is 12.2 Å². The summed E-state index contributed by atoms with van der Waals surface area (Å²) in [6.07, 6.45) is 22.7. The van der Waals surface area contributed by atoms with Crippen LogP contribution in [0.4, 0.5) is 0 Å². The SMILES string of the molecule is CCC/C=C\CC[C@H]1CCCO[C@@H]1CCCCCCCC. The molecule has 1 aliphatic rings. The Morgan fingerprint density at radius 2 is 1.62 bits per heavy atom. The first-order valence-electron chi connectivity index (χ1n) is 9.65. The van der Waals surface area contributed by atoms with Gasteiger partial charge in [0.15, 0.2) is 0 Å². The largest absolute Gasteiger partial charge is 0.378 e. The Balaban J connectivity index is 2.13. The maximum absolute atomic E-state index is 6.07. The van der Waals surface area contributed by atoms with E-state index in [0.29, 0.717) is 6.10 Å². The standard InChI is InChI=1S/C20H38O/c1-3-5-7-9-11-13-17-20-19(16-14-18-21-20)15-12-10-8-6-4-2/h8,10,19-20H,3-7,9,11-18H2,1-2H3/b10-8-/t19-,20+/m0/s1. The number of allylic oxidation sites excluding steroid dienone is 2. The van der Waals surface area contributed by atoms with Gasteiger partial charge in [0.1, 0.15) is 0 Å². The molecule has 0 saturated carbocycles. The van der Waals surface area contributed by atoms with Crippen molar-refractivity contribution in [1.29, 1.82) is 0 Å². The Hall–Kier alpha value is -0.300. The fourth-order valence-corrected chi connectivity index (χ4v) is 3.39. The molecule has 1 rings (SSSR count). The van der Waals surface area contributed by atoms with Crippen LogP contribution in [0.3, 0.4) is 0 Å². The summed E-state index contributed by atoms with van der Waals surface area (Å²) in [6, 6.07) is 0. The summed E-state index contributed by atoms with van der Waals surface area (Å²) in [6.45, 7) is 5.54. The lowest BCUT2D eigenvalue weighted by Gasteiger charge is -2.31. The van der Waals surface area contributed by atoms with E-state index in [-0.39, 0.29) is 0 Å². The van der Waals surface area contributed by atoms with Crippen LogP contribution < -0.4 is 0 Å². The number of ether oxygens (including phenoxy) is 1. The molecule has 1 aliphatic heterocycles. The molecule has 1 heteroatoms. The Morgan fingerprint density at radius 1 is 0.857 bits per heavy atom. The number of hydrogen-bond donors (Lipinski definition) is 0. The maximum Gasteiger partial charge on any atom is 0.0603 e. The molecule has 0 spiro atoms. The van der Waals surface area contributed by atoms with Crippen molar-refractivity contribution in [2.45, 2.75) is 103 Å². The average Bonchev–Trinajstić information content (AvgIpc) is 2.52. The third kappa shape index (κ3) is 9.34. The third-order valence-corrected chi connectivity index (χ3v) is 4.75. The van der Waals surface area contributed by atoms with Crippen molar-refractivity contribution < 1.29 is 4.74 Å². The zero-order valence-electron chi connectivity index (χ0n) is 14.6. The molecular weight excluding hydrogens is 256 g/mol. The van der Waals surface area contributed by atoms with Crippen molar-refractivity contribution in [2.24, 2.45) is 5.92 Å². The zero-order valence-corrected chi connectivity index (χ0v) is 14.6. The van der Waals surface area contributed by atoms with Crippen LogP contribution in [-0.2, 0) is 4.74 Å². The fraction of sp³-hybridized carbons (Fsp3) is 0.900. The lowest BCUT2D eigenvalue weighted by molar-refractivity contribution is -0.0342. The van der Waals surface area contributed by atoms with Crippen molar-refractivity contribution in [3.05, 3.63) is 12.2 Å². The van der Waals surface area contributed by atoms with E-state index in [1.807, 2.05) is 0 Å². The van der Waals surface area contributed by atoms with Crippen LogP contribution in [0, 0.1) is 5.92 Å². The Kier molecular flexibility index (Phi) is 11.9. The van der Waals surface area contributed by atoms with Crippen LogP contribution in [0.2, 0.25) is 0 Å². The van der Waals surface area contributed by atoms with Gasteiger partial charge in [-0.05, 0) is 44.4 Å². The molecule has 0 aliphatic carbocycles. The molecule has 124 valence electrons. The van der Waals surface area contributed by atoms with E-state index >= 15 is 0 Å². The predicted molar refractivity (Wildman–Crippen MR) is 93.7 cm³/mol. The van der Waals surface area contributed by atoms with Gasteiger partial charge in [0.2, 0.25) is 0 Å². The van der Waals surface area contributed by atoms with Gasteiger partial charge in [0.25, 0.3) is 0 Å². The second-order valence-electron chi connectivity index (χ2n) is 6.71. The Bertz CT molecular complexity index is 246. The van der Waals surface area contributed by atoms with Gasteiger partial charge in [-0.15, -0.1) is 0 Å². The van der Waals surface area contributed by atoms with Crippen molar-refractivity contribution in [1.82, 2.24) is 0 Å². The summed E-state index contributed by atoms with van der Waals surface area (Å²) >= 11 is 0. The van der Waals surface area contributed by atoms with Gasteiger partial charge in [-0.3, -0.25) is 0 Å². The fourth-order valence-electron chi connectivity index (χ4n) is 3.39. The molecular formula is C20H38O. The van der Waals surface area contributed by atoms with Crippen LogP contribution in [-0.4, -0.2) is 12.7 Å². The van der Waals surface area contributed by atoms with Crippen molar-refractivity contribution in [3.63, 3.8) is 0 Å². The summed E-state index contributed by atoms with van der Waals surface area (Å²) in [4.78, 5) is 0. The number of rotatable bonds is 12. The topological polar surface area (TPSA) is 9.23 Å². The quantitative estimate of drug-likeness (QED) is 0.288. The van der Waals surface area contributed by atoms with E-state index in [4.69, 9.17) is 4.74 Å². The molecule has 0 aromatic carbocycles. The summed E-state index contributed by atoms with van der Waals surface area (Å²) in [5.74, 6) is 0.820. The van der Waals surface area contributed by atoms with E-state index in [9.17, 15) is 0 Å². The van der Waals surface area contributed by atoms with E-state index < -0.39 is 0 Å². The molecule has 1 fully saturated rings. The van der Waals surface area contributed by atoms with Crippen molar-refractivity contribution in [2.75, 3.05) is 6.61 Å². The molecule has 0 bridgehead atoms. The number of unbranched alkanes of at least 4 members (excludes halogenated alkanes) is 6. The van der Waals surface area contributed by atoms with Crippen molar-refractivity contribution in [3.8, 4) is 0 Å². The third-order valence-electron chi connectivity index (χ3n) is 4.75. The highest BCUT2D eigenvalue weighted by Gasteiger charge is 2.24. The van der Waals surface area contributed by atoms with Crippen LogP contribution >= 0.6 is 0 Å². The van der Waals surface area contributed by atoms with Gasteiger partial charge >= 0.3 is 0 Å². The highest BCUT2D eigenvalue weighted by molar-refractivity contribution is 4.84. The van der Waals surface area contributed by atoms with Crippen LogP contribution in [0.25, 0.3) is 0 Å². The molecule has 1 nitrogen and oxygen atoms in total. The molecule has 0 aromatic heterocycles. The first kappa shape index (κ1) is 18.7. The van der Waals surface area contributed by atoms with Gasteiger partial charge in [-0.25, -0.2) is 0 Å². The molecule has 0 aromatic rings. The summed E-state index contributed by atoms with van der Waals surface area (Å²) in [5, 5.41) is 0. The van der Waals surface area contributed by atoms with E-state index in [0.717, 1.165) is 12.5 Å². The second kappa shape index (κ2) is 13.4. The van der Waals surface area contributed by atoms with Gasteiger partial charge in [0, 0.05) is 6.61 Å². The summed E-state index contributed by atoms with van der Waals surface area (Å²) < 4.78 is 6.07. The molecule has 0 radical (unpaired) electrons. The molecule has 0 unspecified atom stereocenters. The molecule has 0 N–H and O–H groups in total. The van der Waals surface area contributed by atoms with E-state index in [1.54, 1.807) is 0 Å². The first-order valence-corrected chi connectivity index (χ1v) is 9.65. The second-order valence-corrected chi connectivity index (χ2v) is 6.71. The highest BCUT2D eigenvalue weighted by atomic mass is 16.5. The van der Waals surface area contributed by atoms with Gasteiger partial charge < -0.3 is 4.74 Å². The van der Waals surface area contributed by atoms with Gasteiger partial charge in [-0.2, -0.15) is 0 Å². The smallest absolute Gasteiger partial charge is 0.0603 e. The minimum atomic E-state index is 0.560. The normalized spacial score (nSPS) is 23.0. The summed E-state index contributed by atoms with van der Waals surface area (Å²) in [5.41, 5.74) is 0. The molecule has 0 amide bonds. The predicted octanol–water partition coefficient (Wildman–Crippen LogP) is 6.67.